The van der Waals surface area contributed by atoms with E-state index in [9.17, 15) is 4.79 Å². The van der Waals surface area contributed by atoms with Crippen molar-refractivity contribution >= 4 is 5.78 Å². The maximum absolute atomic E-state index is 10.7. The van der Waals surface area contributed by atoms with E-state index in [0.717, 1.165) is 24.4 Å². The number of ketones is 1. The van der Waals surface area contributed by atoms with Crippen molar-refractivity contribution in [1.29, 1.82) is 0 Å². The molecule has 1 rings (SSSR count). The lowest BCUT2D eigenvalue weighted by Crippen LogP contribution is -1.92. The van der Waals surface area contributed by atoms with Crippen LogP contribution < -0.4 is 0 Å². The Bertz CT molecular complexity index is 297. The Labute approximate surface area is 78.9 Å². The van der Waals surface area contributed by atoms with Crippen molar-refractivity contribution < 1.29 is 9.21 Å². The zero-order valence-electron chi connectivity index (χ0n) is 8.52. The number of aryl methyl sites for hydroxylation is 3. The first kappa shape index (κ1) is 10.0. The second-order valence-corrected chi connectivity index (χ2v) is 3.49. The van der Waals surface area contributed by atoms with Gasteiger partial charge in [0.05, 0.1) is 0 Å². The Balaban J connectivity index is 2.45. The van der Waals surface area contributed by atoms with Crippen LogP contribution in [0.5, 0.6) is 0 Å². The fourth-order valence-electron chi connectivity index (χ4n) is 1.46. The molecule has 0 aliphatic carbocycles. The molecule has 0 aliphatic heterocycles. The number of rotatable bonds is 4. The van der Waals surface area contributed by atoms with Crippen molar-refractivity contribution in [2.45, 2.75) is 40.0 Å². The molecule has 0 spiro atoms. The molecule has 0 atom stereocenters. The average molecular weight is 180 g/mol. The summed E-state index contributed by atoms with van der Waals surface area (Å²) in [5, 5.41) is 0. The van der Waals surface area contributed by atoms with Crippen LogP contribution in [-0.4, -0.2) is 5.78 Å². The lowest BCUT2D eigenvalue weighted by molar-refractivity contribution is -0.117. The summed E-state index contributed by atoms with van der Waals surface area (Å²) in [7, 11) is 0. The first-order valence-corrected chi connectivity index (χ1v) is 4.65. The molecule has 0 N–H and O–H groups in total. The van der Waals surface area contributed by atoms with Gasteiger partial charge in [0, 0.05) is 6.42 Å². The molecule has 1 aromatic rings. The molecule has 0 unspecified atom stereocenters. The molecular weight excluding hydrogens is 164 g/mol. The van der Waals surface area contributed by atoms with Gasteiger partial charge in [0.15, 0.2) is 0 Å². The summed E-state index contributed by atoms with van der Waals surface area (Å²) in [5.74, 6) is 2.20. The van der Waals surface area contributed by atoms with E-state index in [-0.39, 0.29) is 5.78 Å². The predicted octanol–water partition coefficient (Wildman–Crippen LogP) is 2.81. The topological polar surface area (TPSA) is 30.2 Å². The van der Waals surface area contributed by atoms with Crippen LogP contribution in [0, 0.1) is 13.8 Å². The number of Topliss-reactive ketones (excluding diaryl/α,β-unsaturated/α-hetero) is 1. The Morgan fingerprint density at radius 2 is 2.15 bits per heavy atom. The highest BCUT2D eigenvalue weighted by atomic mass is 16.3. The highest BCUT2D eigenvalue weighted by Crippen LogP contribution is 2.15. The number of carbonyl (C=O) groups is 1. The number of hydrogen-bond donors (Lipinski definition) is 0. The first-order valence-electron chi connectivity index (χ1n) is 4.65. The van der Waals surface area contributed by atoms with Gasteiger partial charge < -0.3 is 9.21 Å². The average Bonchev–Trinajstić information content (AvgIpc) is 2.29. The predicted molar refractivity (Wildman–Crippen MR) is 51.8 cm³/mol. The third-order valence-electron chi connectivity index (χ3n) is 2.12. The molecule has 0 saturated heterocycles. The Kier molecular flexibility index (Phi) is 3.29. The van der Waals surface area contributed by atoms with E-state index in [0.29, 0.717) is 6.42 Å². The first-order chi connectivity index (χ1) is 6.09. The van der Waals surface area contributed by atoms with E-state index in [1.165, 1.54) is 5.56 Å². The van der Waals surface area contributed by atoms with Crippen LogP contribution in [0.3, 0.4) is 0 Å². The van der Waals surface area contributed by atoms with Gasteiger partial charge in [0.25, 0.3) is 0 Å². The Morgan fingerprint density at radius 1 is 1.46 bits per heavy atom. The molecule has 0 saturated carbocycles. The van der Waals surface area contributed by atoms with Crippen LogP contribution in [0.1, 0.15) is 36.8 Å². The minimum atomic E-state index is 0.262. The number of carbonyl (C=O) groups excluding carboxylic acids is 1. The summed E-state index contributed by atoms with van der Waals surface area (Å²) in [4.78, 5) is 10.7. The second-order valence-electron chi connectivity index (χ2n) is 3.49. The molecule has 0 fully saturated rings. The molecule has 0 aromatic carbocycles. The van der Waals surface area contributed by atoms with Crippen molar-refractivity contribution in [1.82, 2.24) is 0 Å². The largest absolute Gasteiger partial charge is 0.466 e. The van der Waals surface area contributed by atoms with E-state index in [1.54, 1.807) is 6.92 Å². The van der Waals surface area contributed by atoms with Crippen LogP contribution in [0.2, 0.25) is 0 Å². The molecule has 0 aliphatic rings. The van der Waals surface area contributed by atoms with E-state index < -0.39 is 0 Å². The van der Waals surface area contributed by atoms with Gasteiger partial charge in [0.2, 0.25) is 0 Å². The van der Waals surface area contributed by atoms with Crippen LogP contribution in [-0.2, 0) is 11.2 Å². The summed E-state index contributed by atoms with van der Waals surface area (Å²) in [6.45, 7) is 5.55. The van der Waals surface area contributed by atoms with Crippen molar-refractivity contribution in [3.05, 3.63) is 23.2 Å². The SMILES string of the molecule is CC(=O)CCCc1cc(C)oc1C. The lowest BCUT2D eigenvalue weighted by atomic mass is 10.1. The molecule has 0 bridgehead atoms. The van der Waals surface area contributed by atoms with Crippen LogP contribution >= 0.6 is 0 Å². The normalized spacial score (nSPS) is 10.4. The maximum Gasteiger partial charge on any atom is 0.129 e. The molecule has 72 valence electrons. The summed E-state index contributed by atoms with van der Waals surface area (Å²) in [6.07, 6.45) is 2.54. The smallest absolute Gasteiger partial charge is 0.129 e. The van der Waals surface area contributed by atoms with Crippen molar-refractivity contribution in [2.75, 3.05) is 0 Å². The van der Waals surface area contributed by atoms with Gasteiger partial charge in [0.1, 0.15) is 17.3 Å². The minimum absolute atomic E-state index is 0.262. The summed E-state index contributed by atoms with van der Waals surface area (Å²) in [6, 6.07) is 2.05. The fourth-order valence-corrected chi connectivity index (χ4v) is 1.46. The third-order valence-corrected chi connectivity index (χ3v) is 2.12. The Hall–Kier alpha value is -1.05. The molecular formula is C11H16O2. The van der Waals surface area contributed by atoms with E-state index in [2.05, 4.69) is 6.07 Å². The highest BCUT2D eigenvalue weighted by molar-refractivity contribution is 5.75. The van der Waals surface area contributed by atoms with Gasteiger partial charge in [-0.05, 0) is 45.2 Å². The number of hydrogen-bond acceptors (Lipinski definition) is 2. The van der Waals surface area contributed by atoms with Crippen LogP contribution in [0.4, 0.5) is 0 Å². The van der Waals surface area contributed by atoms with Gasteiger partial charge in [-0.15, -0.1) is 0 Å². The van der Waals surface area contributed by atoms with Gasteiger partial charge in [-0.3, -0.25) is 0 Å². The van der Waals surface area contributed by atoms with Crippen molar-refractivity contribution in [3.63, 3.8) is 0 Å². The molecule has 13 heavy (non-hydrogen) atoms. The van der Waals surface area contributed by atoms with Crippen LogP contribution in [0.25, 0.3) is 0 Å². The summed E-state index contributed by atoms with van der Waals surface area (Å²) in [5.41, 5.74) is 1.23. The van der Waals surface area contributed by atoms with E-state index >= 15 is 0 Å². The van der Waals surface area contributed by atoms with Gasteiger partial charge in [-0.2, -0.15) is 0 Å². The highest BCUT2D eigenvalue weighted by Gasteiger charge is 2.04. The molecule has 0 radical (unpaired) electrons. The van der Waals surface area contributed by atoms with E-state index in [1.807, 2.05) is 13.8 Å². The van der Waals surface area contributed by atoms with Gasteiger partial charge >= 0.3 is 0 Å². The van der Waals surface area contributed by atoms with E-state index in [4.69, 9.17) is 4.42 Å². The van der Waals surface area contributed by atoms with Crippen LogP contribution in [0.15, 0.2) is 10.5 Å². The molecule has 1 heterocycles. The Morgan fingerprint density at radius 3 is 2.62 bits per heavy atom. The van der Waals surface area contributed by atoms with Crippen molar-refractivity contribution in [2.24, 2.45) is 0 Å². The molecule has 2 nitrogen and oxygen atoms in total. The minimum Gasteiger partial charge on any atom is -0.466 e. The summed E-state index contributed by atoms with van der Waals surface area (Å²) >= 11 is 0. The number of furan rings is 1. The zero-order chi connectivity index (χ0) is 9.84. The monoisotopic (exact) mass is 180 g/mol. The van der Waals surface area contributed by atoms with Crippen molar-refractivity contribution in [3.8, 4) is 0 Å². The molecule has 2 heteroatoms. The standard InChI is InChI=1S/C11H16O2/c1-8(12)5-4-6-11-7-9(2)13-10(11)3/h7H,4-6H2,1-3H3. The fraction of sp³-hybridized carbons (Fsp3) is 0.545. The lowest BCUT2D eigenvalue weighted by Gasteiger charge is -1.96. The zero-order valence-corrected chi connectivity index (χ0v) is 8.52. The maximum atomic E-state index is 10.7. The summed E-state index contributed by atoms with van der Waals surface area (Å²) < 4.78 is 5.39. The molecule has 1 aromatic heterocycles. The quantitative estimate of drug-likeness (QED) is 0.713. The third kappa shape index (κ3) is 3.05. The van der Waals surface area contributed by atoms with Gasteiger partial charge in [-0.25, -0.2) is 0 Å². The van der Waals surface area contributed by atoms with Gasteiger partial charge in [-0.1, -0.05) is 0 Å². The molecule has 0 amide bonds. The second kappa shape index (κ2) is 4.26.